The number of carbonyl (C=O) groups excluding carboxylic acids is 1. The minimum absolute atomic E-state index is 0.210. The maximum absolute atomic E-state index is 10.7. The van der Waals surface area contributed by atoms with Crippen molar-refractivity contribution in [3.8, 4) is 0 Å². The average molecular weight is 178 g/mol. The zero-order valence-corrected chi connectivity index (χ0v) is 7.18. The van der Waals surface area contributed by atoms with Crippen molar-refractivity contribution in [2.75, 3.05) is 0 Å². The van der Waals surface area contributed by atoms with Crippen LogP contribution in [0.25, 0.3) is 0 Å². The summed E-state index contributed by atoms with van der Waals surface area (Å²) in [6.07, 6.45) is 0. The largest absolute Gasteiger partial charge is 0.443 e. The van der Waals surface area contributed by atoms with Gasteiger partial charge in [-0.2, -0.15) is 0 Å². The number of ether oxygens (including phenoxy) is 1. The van der Waals surface area contributed by atoms with Crippen molar-refractivity contribution in [1.29, 1.82) is 0 Å². The minimum Gasteiger partial charge on any atom is -0.443 e. The highest BCUT2D eigenvalue weighted by molar-refractivity contribution is 7.79. The van der Waals surface area contributed by atoms with Crippen LogP contribution in [0.1, 0.15) is 13.8 Å². The normalized spacial score (nSPS) is 15.2. The predicted octanol–water partition coefficient (Wildman–Crippen LogP) is 0.673. The van der Waals surface area contributed by atoms with Crippen LogP contribution in [0.2, 0.25) is 0 Å². The van der Waals surface area contributed by atoms with E-state index in [1.54, 1.807) is 0 Å². The first kappa shape index (κ1) is 10.3. The summed E-state index contributed by atoms with van der Waals surface area (Å²) in [7, 11) is 0. The Hall–Kier alpha value is -0.680. The second-order valence-corrected chi connectivity index (χ2v) is 3.25. The standard InChI is InChI=1S/C6H10O4S/c1-4(2)6(7)10-5(3)11(8)9/h5H,1H2,2-3H3,(H,8,9). The SMILES string of the molecule is C=C(C)C(=O)OC(C)S(=O)O. The molecule has 1 N–H and O–H groups in total. The summed E-state index contributed by atoms with van der Waals surface area (Å²) in [5.41, 5.74) is -0.790. The van der Waals surface area contributed by atoms with Gasteiger partial charge in [-0.1, -0.05) is 6.58 Å². The molecule has 0 amide bonds. The third-order valence-corrected chi connectivity index (χ3v) is 1.57. The number of rotatable bonds is 3. The molecule has 0 aliphatic heterocycles. The Morgan fingerprint density at radius 3 is 2.45 bits per heavy atom. The van der Waals surface area contributed by atoms with Gasteiger partial charge < -0.3 is 9.29 Å². The maximum Gasteiger partial charge on any atom is 0.334 e. The first-order valence-corrected chi connectivity index (χ1v) is 4.08. The fraction of sp³-hybridized carbons (Fsp3) is 0.500. The van der Waals surface area contributed by atoms with Crippen LogP contribution in [0.3, 0.4) is 0 Å². The van der Waals surface area contributed by atoms with Gasteiger partial charge in [0.25, 0.3) is 0 Å². The van der Waals surface area contributed by atoms with Crippen LogP contribution in [-0.4, -0.2) is 20.2 Å². The molecule has 0 saturated carbocycles. The molecule has 0 aromatic heterocycles. The van der Waals surface area contributed by atoms with Crippen molar-refractivity contribution < 1.29 is 18.3 Å². The van der Waals surface area contributed by atoms with E-state index in [-0.39, 0.29) is 5.57 Å². The van der Waals surface area contributed by atoms with Gasteiger partial charge in [0.2, 0.25) is 0 Å². The zero-order chi connectivity index (χ0) is 9.02. The Morgan fingerprint density at radius 2 is 2.18 bits per heavy atom. The lowest BCUT2D eigenvalue weighted by Gasteiger charge is -2.07. The molecule has 0 fully saturated rings. The van der Waals surface area contributed by atoms with E-state index in [1.807, 2.05) is 0 Å². The summed E-state index contributed by atoms with van der Waals surface area (Å²) >= 11 is -2.13. The van der Waals surface area contributed by atoms with Gasteiger partial charge in [0, 0.05) is 5.57 Å². The van der Waals surface area contributed by atoms with E-state index in [2.05, 4.69) is 11.3 Å². The number of esters is 1. The van der Waals surface area contributed by atoms with Crippen molar-refractivity contribution in [3.05, 3.63) is 12.2 Å². The molecule has 64 valence electrons. The quantitative estimate of drug-likeness (QED) is 0.392. The highest BCUT2D eigenvalue weighted by Crippen LogP contribution is 1.99. The van der Waals surface area contributed by atoms with Crippen LogP contribution >= 0.6 is 0 Å². The van der Waals surface area contributed by atoms with E-state index in [4.69, 9.17) is 4.55 Å². The molecule has 11 heavy (non-hydrogen) atoms. The molecule has 4 nitrogen and oxygen atoms in total. The molecule has 0 aliphatic rings. The lowest BCUT2D eigenvalue weighted by Crippen LogP contribution is -2.19. The van der Waals surface area contributed by atoms with E-state index < -0.39 is 22.5 Å². The summed E-state index contributed by atoms with van der Waals surface area (Å²) in [4.78, 5) is 10.7. The Balaban J connectivity index is 3.95. The van der Waals surface area contributed by atoms with Gasteiger partial charge in [-0.25, -0.2) is 9.00 Å². The van der Waals surface area contributed by atoms with Crippen LogP contribution in [-0.2, 0) is 20.6 Å². The van der Waals surface area contributed by atoms with Crippen molar-refractivity contribution in [3.63, 3.8) is 0 Å². The number of hydrogen-bond donors (Lipinski definition) is 1. The third-order valence-electron chi connectivity index (χ3n) is 0.905. The molecule has 5 heteroatoms. The van der Waals surface area contributed by atoms with E-state index in [0.29, 0.717) is 0 Å². The molecule has 0 heterocycles. The second kappa shape index (κ2) is 4.25. The molecular formula is C6H10O4S. The first-order valence-electron chi connectivity index (χ1n) is 2.91. The predicted molar refractivity (Wildman–Crippen MR) is 41.1 cm³/mol. The zero-order valence-electron chi connectivity index (χ0n) is 6.36. The van der Waals surface area contributed by atoms with Crippen molar-refractivity contribution >= 4 is 17.0 Å². The molecule has 0 aromatic carbocycles. The van der Waals surface area contributed by atoms with Crippen molar-refractivity contribution in [1.82, 2.24) is 0 Å². The highest BCUT2D eigenvalue weighted by Gasteiger charge is 2.13. The summed E-state index contributed by atoms with van der Waals surface area (Å²) in [6, 6.07) is 0. The van der Waals surface area contributed by atoms with Crippen molar-refractivity contribution in [2.45, 2.75) is 19.3 Å². The molecule has 0 rings (SSSR count). The maximum atomic E-state index is 10.7. The van der Waals surface area contributed by atoms with E-state index in [0.717, 1.165) is 0 Å². The Labute approximate surface area is 67.5 Å². The monoisotopic (exact) mass is 178 g/mol. The lowest BCUT2D eigenvalue weighted by atomic mass is 10.4. The molecule has 0 aliphatic carbocycles. The molecule has 0 aromatic rings. The number of carbonyl (C=O) groups is 1. The molecule has 0 bridgehead atoms. The average Bonchev–Trinajstić information content (AvgIpc) is 1.87. The molecule has 0 saturated heterocycles. The Kier molecular flexibility index (Phi) is 3.99. The fourth-order valence-electron chi connectivity index (χ4n) is 0.292. The molecule has 0 spiro atoms. The summed E-state index contributed by atoms with van der Waals surface area (Å²) in [5.74, 6) is -0.653. The Morgan fingerprint density at radius 1 is 1.73 bits per heavy atom. The van der Waals surface area contributed by atoms with Crippen molar-refractivity contribution in [2.24, 2.45) is 0 Å². The van der Waals surface area contributed by atoms with E-state index >= 15 is 0 Å². The van der Waals surface area contributed by atoms with Crippen LogP contribution < -0.4 is 0 Å². The molecular weight excluding hydrogens is 168 g/mol. The smallest absolute Gasteiger partial charge is 0.334 e. The van der Waals surface area contributed by atoms with Gasteiger partial charge in [0.1, 0.15) is 0 Å². The Bertz CT molecular complexity index is 199. The highest BCUT2D eigenvalue weighted by atomic mass is 32.2. The molecule has 0 radical (unpaired) electrons. The van der Waals surface area contributed by atoms with Crippen LogP contribution in [0, 0.1) is 0 Å². The second-order valence-electron chi connectivity index (χ2n) is 2.03. The summed E-state index contributed by atoms with van der Waals surface area (Å²) in [5, 5.41) is 0. The van der Waals surface area contributed by atoms with Crippen LogP contribution in [0.4, 0.5) is 0 Å². The van der Waals surface area contributed by atoms with Gasteiger partial charge >= 0.3 is 5.97 Å². The topological polar surface area (TPSA) is 63.6 Å². The fourth-order valence-corrected chi connectivity index (χ4v) is 0.462. The number of hydrogen-bond acceptors (Lipinski definition) is 3. The van der Waals surface area contributed by atoms with Crippen LogP contribution in [0.15, 0.2) is 12.2 Å². The third kappa shape index (κ3) is 3.90. The molecule has 2 atom stereocenters. The first-order chi connectivity index (χ1) is 4.95. The van der Waals surface area contributed by atoms with Gasteiger partial charge in [0.05, 0.1) is 0 Å². The lowest BCUT2D eigenvalue weighted by molar-refractivity contribution is -0.140. The minimum atomic E-state index is -2.13. The molecule has 2 unspecified atom stereocenters. The van der Waals surface area contributed by atoms with Gasteiger partial charge in [-0.05, 0) is 13.8 Å². The summed E-state index contributed by atoms with van der Waals surface area (Å²) < 4.78 is 23.2. The van der Waals surface area contributed by atoms with E-state index in [1.165, 1.54) is 13.8 Å². The van der Waals surface area contributed by atoms with Gasteiger partial charge in [-0.3, -0.25) is 0 Å². The summed E-state index contributed by atoms with van der Waals surface area (Å²) in [6.45, 7) is 6.11. The van der Waals surface area contributed by atoms with Gasteiger partial charge in [0.15, 0.2) is 16.5 Å². The van der Waals surface area contributed by atoms with Crippen LogP contribution in [0.5, 0.6) is 0 Å². The van der Waals surface area contributed by atoms with E-state index in [9.17, 15) is 9.00 Å². The van der Waals surface area contributed by atoms with Gasteiger partial charge in [-0.15, -0.1) is 0 Å².